The van der Waals surface area contributed by atoms with E-state index in [0.717, 1.165) is 19.0 Å². The zero-order valence-corrected chi connectivity index (χ0v) is 10.1. The lowest BCUT2D eigenvalue weighted by Crippen LogP contribution is -2.37. The number of rotatable bonds is 4. The van der Waals surface area contributed by atoms with Gasteiger partial charge in [0, 0.05) is 13.1 Å². The van der Waals surface area contributed by atoms with E-state index in [2.05, 4.69) is 12.2 Å². The Hall–Kier alpha value is -0.570. The van der Waals surface area contributed by atoms with Crippen LogP contribution in [0.5, 0.6) is 0 Å². The SMILES string of the molecule is CCCC1CCCN(C(=O)CNC)CC1. The molecule has 0 aliphatic carbocycles. The number of carbonyl (C=O) groups is 1. The van der Waals surface area contributed by atoms with Gasteiger partial charge in [-0.15, -0.1) is 0 Å². The van der Waals surface area contributed by atoms with Crippen molar-refractivity contribution >= 4 is 5.91 Å². The van der Waals surface area contributed by atoms with Gasteiger partial charge in [0.15, 0.2) is 0 Å². The van der Waals surface area contributed by atoms with Gasteiger partial charge < -0.3 is 10.2 Å². The Balaban J connectivity index is 2.35. The summed E-state index contributed by atoms with van der Waals surface area (Å²) in [5, 5.41) is 2.93. The van der Waals surface area contributed by atoms with E-state index in [0.29, 0.717) is 6.54 Å². The maximum absolute atomic E-state index is 11.7. The zero-order valence-electron chi connectivity index (χ0n) is 10.1. The van der Waals surface area contributed by atoms with Crippen LogP contribution < -0.4 is 5.32 Å². The van der Waals surface area contributed by atoms with Crippen molar-refractivity contribution in [3.8, 4) is 0 Å². The van der Waals surface area contributed by atoms with Crippen molar-refractivity contribution in [2.24, 2.45) is 5.92 Å². The monoisotopic (exact) mass is 212 g/mol. The van der Waals surface area contributed by atoms with Crippen molar-refractivity contribution in [3.05, 3.63) is 0 Å². The second-order valence-corrected chi connectivity index (χ2v) is 4.50. The Labute approximate surface area is 93.2 Å². The fourth-order valence-electron chi connectivity index (χ4n) is 2.37. The summed E-state index contributed by atoms with van der Waals surface area (Å²) in [6, 6.07) is 0. The Morgan fingerprint density at radius 1 is 1.40 bits per heavy atom. The Kier molecular flexibility index (Phi) is 5.69. The Morgan fingerprint density at radius 3 is 2.87 bits per heavy atom. The van der Waals surface area contributed by atoms with Crippen LogP contribution in [0.15, 0.2) is 0 Å². The van der Waals surface area contributed by atoms with Gasteiger partial charge in [0.1, 0.15) is 0 Å². The lowest BCUT2D eigenvalue weighted by Gasteiger charge is -2.20. The van der Waals surface area contributed by atoms with Crippen LogP contribution in [0.3, 0.4) is 0 Å². The topological polar surface area (TPSA) is 32.3 Å². The van der Waals surface area contributed by atoms with Gasteiger partial charge >= 0.3 is 0 Å². The summed E-state index contributed by atoms with van der Waals surface area (Å²) in [5.74, 6) is 1.11. The number of hydrogen-bond donors (Lipinski definition) is 1. The maximum Gasteiger partial charge on any atom is 0.236 e. The largest absolute Gasteiger partial charge is 0.342 e. The molecule has 1 saturated heterocycles. The quantitative estimate of drug-likeness (QED) is 0.768. The summed E-state index contributed by atoms with van der Waals surface area (Å²) in [6.45, 7) is 4.65. The number of amides is 1. The molecule has 15 heavy (non-hydrogen) atoms. The molecule has 1 heterocycles. The van der Waals surface area contributed by atoms with E-state index in [1.807, 2.05) is 11.9 Å². The molecule has 0 aromatic rings. The van der Waals surface area contributed by atoms with Gasteiger partial charge in [-0.3, -0.25) is 4.79 Å². The standard InChI is InChI=1S/C12H24N2O/c1-3-5-11-6-4-8-14(9-7-11)12(15)10-13-2/h11,13H,3-10H2,1-2H3. The van der Waals surface area contributed by atoms with E-state index in [1.54, 1.807) is 0 Å². The zero-order chi connectivity index (χ0) is 11.1. The molecule has 1 fully saturated rings. The average Bonchev–Trinajstić information content (AvgIpc) is 2.44. The molecular weight excluding hydrogens is 188 g/mol. The fraction of sp³-hybridized carbons (Fsp3) is 0.917. The van der Waals surface area contributed by atoms with Crippen LogP contribution in [0.4, 0.5) is 0 Å². The molecule has 88 valence electrons. The molecule has 0 bridgehead atoms. The van der Waals surface area contributed by atoms with Crippen LogP contribution in [-0.4, -0.2) is 37.5 Å². The Morgan fingerprint density at radius 2 is 2.20 bits per heavy atom. The van der Waals surface area contributed by atoms with Gasteiger partial charge in [-0.05, 0) is 32.2 Å². The van der Waals surface area contributed by atoms with Crippen molar-refractivity contribution in [3.63, 3.8) is 0 Å². The number of likely N-dealkylation sites (tertiary alicyclic amines) is 1. The normalized spacial score (nSPS) is 22.5. The minimum Gasteiger partial charge on any atom is -0.342 e. The lowest BCUT2D eigenvalue weighted by molar-refractivity contribution is -0.130. The van der Waals surface area contributed by atoms with Crippen LogP contribution in [0.2, 0.25) is 0 Å². The summed E-state index contributed by atoms with van der Waals surface area (Å²) in [6.07, 6.45) is 6.28. The van der Waals surface area contributed by atoms with Crippen LogP contribution in [0.1, 0.15) is 39.0 Å². The van der Waals surface area contributed by atoms with E-state index < -0.39 is 0 Å². The molecule has 0 spiro atoms. The third kappa shape index (κ3) is 4.20. The highest BCUT2D eigenvalue weighted by Gasteiger charge is 2.19. The molecule has 1 aliphatic heterocycles. The van der Waals surface area contributed by atoms with Gasteiger partial charge in [-0.1, -0.05) is 19.8 Å². The van der Waals surface area contributed by atoms with Gasteiger partial charge in [0.05, 0.1) is 6.54 Å². The molecule has 1 N–H and O–H groups in total. The van der Waals surface area contributed by atoms with E-state index in [-0.39, 0.29) is 5.91 Å². The van der Waals surface area contributed by atoms with Crippen LogP contribution in [0, 0.1) is 5.92 Å². The first-order valence-electron chi connectivity index (χ1n) is 6.20. The van der Waals surface area contributed by atoms with Gasteiger partial charge in [-0.2, -0.15) is 0 Å². The van der Waals surface area contributed by atoms with E-state index in [4.69, 9.17) is 0 Å². The predicted molar refractivity (Wildman–Crippen MR) is 62.8 cm³/mol. The van der Waals surface area contributed by atoms with E-state index in [9.17, 15) is 4.79 Å². The van der Waals surface area contributed by atoms with Gasteiger partial charge in [-0.25, -0.2) is 0 Å². The molecule has 1 amide bonds. The van der Waals surface area contributed by atoms with E-state index in [1.165, 1.54) is 32.1 Å². The first kappa shape index (κ1) is 12.5. The lowest BCUT2D eigenvalue weighted by atomic mass is 9.96. The summed E-state index contributed by atoms with van der Waals surface area (Å²) >= 11 is 0. The number of carbonyl (C=O) groups excluding carboxylic acids is 1. The molecule has 3 nitrogen and oxygen atoms in total. The Bertz CT molecular complexity index is 194. The third-order valence-electron chi connectivity index (χ3n) is 3.23. The predicted octanol–water partition coefficient (Wildman–Crippen LogP) is 1.63. The summed E-state index contributed by atoms with van der Waals surface area (Å²) < 4.78 is 0. The highest BCUT2D eigenvalue weighted by Crippen LogP contribution is 2.21. The van der Waals surface area contributed by atoms with Gasteiger partial charge in [0.25, 0.3) is 0 Å². The average molecular weight is 212 g/mol. The highest BCUT2D eigenvalue weighted by molar-refractivity contribution is 5.78. The fourth-order valence-corrected chi connectivity index (χ4v) is 2.37. The van der Waals surface area contributed by atoms with Crippen LogP contribution >= 0.6 is 0 Å². The molecule has 0 radical (unpaired) electrons. The molecule has 0 aromatic carbocycles. The number of nitrogens with zero attached hydrogens (tertiary/aromatic N) is 1. The summed E-state index contributed by atoms with van der Waals surface area (Å²) in [5.41, 5.74) is 0. The van der Waals surface area contributed by atoms with E-state index >= 15 is 0 Å². The van der Waals surface area contributed by atoms with Crippen LogP contribution in [0.25, 0.3) is 0 Å². The highest BCUT2D eigenvalue weighted by atomic mass is 16.2. The minimum absolute atomic E-state index is 0.259. The van der Waals surface area contributed by atoms with Crippen molar-refractivity contribution in [1.29, 1.82) is 0 Å². The smallest absolute Gasteiger partial charge is 0.236 e. The molecular formula is C12H24N2O. The van der Waals surface area contributed by atoms with Crippen molar-refractivity contribution in [2.75, 3.05) is 26.7 Å². The number of likely N-dealkylation sites (N-methyl/N-ethyl adjacent to an activating group) is 1. The molecule has 1 rings (SSSR count). The minimum atomic E-state index is 0.259. The second kappa shape index (κ2) is 6.83. The van der Waals surface area contributed by atoms with Crippen molar-refractivity contribution in [1.82, 2.24) is 10.2 Å². The van der Waals surface area contributed by atoms with Crippen LogP contribution in [-0.2, 0) is 4.79 Å². The molecule has 3 heteroatoms. The molecule has 0 saturated carbocycles. The van der Waals surface area contributed by atoms with Crippen molar-refractivity contribution < 1.29 is 4.79 Å². The summed E-state index contributed by atoms with van der Waals surface area (Å²) in [7, 11) is 1.83. The number of nitrogens with one attached hydrogen (secondary N) is 1. The molecule has 0 aromatic heterocycles. The maximum atomic E-state index is 11.7. The molecule has 1 atom stereocenters. The molecule has 1 unspecified atom stereocenters. The third-order valence-corrected chi connectivity index (χ3v) is 3.23. The number of hydrogen-bond acceptors (Lipinski definition) is 2. The second-order valence-electron chi connectivity index (χ2n) is 4.50. The van der Waals surface area contributed by atoms with Crippen molar-refractivity contribution in [2.45, 2.75) is 39.0 Å². The summed E-state index contributed by atoms with van der Waals surface area (Å²) in [4.78, 5) is 13.7. The first-order valence-corrected chi connectivity index (χ1v) is 6.20. The first-order chi connectivity index (χ1) is 7.27. The van der Waals surface area contributed by atoms with Gasteiger partial charge in [0.2, 0.25) is 5.91 Å². The molecule has 1 aliphatic rings.